The van der Waals surface area contributed by atoms with Crippen LogP contribution in [0.4, 0.5) is 0 Å². The predicted octanol–water partition coefficient (Wildman–Crippen LogP) is 0.326. The Balaban J connectivity index is 1.78. The van der Waals surface area contributed by atoms with Crippen LogP contribution in [0.3, 0.4) is 0 Å². The monoisotopic (exact) mass is 156 g/mol. The molecule has 0 amide bonds. The average molecular weight is 156 g/mol. The quantitative estimate of drug-likeness (QED) is 0.639. The summed E-state index contributed by atoms with van der Waals surface area (Å²) in [5, 5.41) is 13.6. The number of rotatable bonds is 3. The maximum Gasteiger partial charge on any atom is 0.106 e. The van der Waals surface area contributed by atoms with Crippen molar-refractivity contribution in [3.05, 3.63) is 0 Å². The fourth-order valence-electron chi connectivity index (χ4n) is 2.16. The summed E-state index contributed by atoms with van der Waals surface area (Å²) in [5.74, 6) is 0. The van der Waals surface area contributed by atoms with E-state index in [0.717, 1.165) is 6.42 Å². The van der Waals surface area contributed by atoms with E-state index in [1.54, 1.807) is 0 Å². The maximum atomic E-state index is 10.1. The second-order valence-corrected chi connectivity index (χ2v) is 3.40. The third-order valence-electron chi connectivity index (χ3n) is 2.66. The number of hydrogen-bond acceptors (Lipinski definition) is 2. The topological polar surface area (TPSA) is 41.2 Å². The van der Waals surface area contributed by atoms with Crippen LogP contribution >= 0.6 is 0 Å². The van der Waals surface area contributed by atoms with Crippen LogP contribution in [0.25, 0.3) is 0 Å². The van der Waals surface area contributed by atoms with E-state index in [9.17, 15) is 5.11 Å². The van der Waals surface area contributed by atoms with Crippen molar-refractivity contribution in [1.82, 2.24) is 5.32 Å². The zero-order chi connectivity index (χ0) is 7.68. The molecule has 1 N–H and O–H groups in total. The van der Waals surface area contributed by atoms with Gasteiger partial charge < -0.3 is 10.1 Å². The van der Waals surface area contributed by atoms with Crippen molar-refractivity contribution in [2.75, 3.05) is 13.2 Å². The molecule has 0 saturated carbocycles. The molecule has 3 atom stereocenters. The first kappa shape index (κ1) is 7.53. The van der Waals surface area contributed by atoms with Crippen molar-refractivity contribution in [3.8, 4) is 0 Å². The van der Waals surface area contributed by atoms with Crippen molar-refractivity contribution in [2.24, 2.45) is 0 Å². The predicted molar refractivity (Wildman–Crippen MR) is 39.9 cm³/mol. The average Bonchev–Trinajstić information content (AvgIpc) is 2.60. The molecule has 0 aliphatic carbocycles. The minimum absolute atomic E-state index is 0.103. The number of ether oxygens (including phenoxy) is 1. The van der Waals surface area contributed by atoms with Gasteiger partial charge in [-0.25, -0.2) is 5.11 Å². The van der Waals surface area contributed by atoms with Gasteiger partial charge >= 0.3 is 0 Å². The van der Waals surface area contributed by atoms with Gasteiger partial charge in [0, 0.05) is 12.1 Å². The first-order chi connectivity index (χ1) is 5.40. The molecule has 0 spiro atoms. The van der Waals surface area contributed by atoms with Crippen LogP contribution in [0.1, 0.15) is 19.3 Å². The van der Waals surface area contributed by atoms with Gasteiger partial charge in [-0.15, -0.1) is 0 Å². The van der Waals surface area contributed by atoms with E-state index in [-0.39, 0.29) is 6.61 Å². The van der Waals surface area contributed by atoms with Gasteiger partial charge in [0.1, 0.15) is 6.61 Å². The summed E-state index contributed by atoms with van der Waals surface area (Å²) < 4.78 is 5.41. The molecule has 0 aromatic carbocycles. The van der Waals surface area contributed by atoms with Crippen molar-refractivity contribution in [1.29, 1.82) is 0 Å². The molecule has 2 heterocycles. The maximum absolute atomic E-state index is 10.1. The molecule has 2 fully saturated rings. The van der Waals surface area contributed by atoms with E-state index in [0.29, 0.717) is 24.8 Å². The fourth-order valence-corrected chi connectivity index (χ4v) is 2.16. The van der Waals surface area contributed by atoms with Crippen LogP contribution in [-0.2, 0) is 9.84 Å². The molecular weight excluding hydrogens is 142 g/mol. The van der Waals surface area contributed by atoms with E-state index in [1.807, 2.05) is 0 Å². The minimum atomic E-state index is -0.103. The van der Waals surface area contributed by atoms with Gasteiger partial charge in [-0.1, -0.05) is 0 Å². The van der Waals surface area contributed by atoms with E-state index < -0.39 is 0 Å². The van der Waals surface area contributed by atoms with Crippen molar-refractivity contribution < 1.29 is 9.84 Å². The molecular formula is C8H14NO2. The third-order valence-corrected chi connectivity index (χ3v) is 2.66. The van der Waals surface area contributed by atoms with Crippen LogP contribution in [0.5, 0.6) is 0 Å². The smallest absolute Gasteiger partial charge is 0.106 e. The first-order valence-corrected chi connectivity index (χ1v) is 4.36. The lowest BCUT2D eigenvalue weighted by Crippen LogP contribution is -2.29. The van der Waals surface area contributed by atoms with E-state index in [1.165, 1.54) is 12.8 Å². The number of fused-ring (bicyclic) bond motifs is 2. The summed E-state index contributed by atoms with van der Waals surface area (Å²) in [5.41, 5.74) is 0. The lowest BCUT2D eigenvalue weighted by Gasteiger charge is -2.19. The summed E-state index contributed by atoms with van der Waals surface area (Å²) in [6.45, 7) is 0.281. The van der Waals surface area contributed by atoms with Crippen LogP contribution < -0.4 is 5.32 Å². The number of hydrogen-bond donors (Lipinski definition) is 1. The summed E-state index contributed by atoms with van der Waals surface area (Å²) in [7, 11) is 0. The highest BCUT2D eigenvalue weighted by Crippen LogP contribution is 2.29. The number of nitrogens with one attached hydrogen (secondary N) is 1. The molecule has 1 radical (unpaired) electrons. The van der Waals surface area contributed by atoms with Gasteiger partial charge in [-0.3, -0.25) is 0 Å². The van der Waals surface area contributed by atoms with Gasteiger partial charge in [-0.05, 0) is 19.3 Å². The van der Waals surface area contributed by atoms with Gasteiger partial charge in [0.2, 0.25) is 0 Å². The Morgan fingerprint density at radius 1 is 1.45 bits per heavy atom. The van der Waals surface area contributed by atoms with E-state index >= 15 is 0 Å². The summed E-state index contributed by atoms with van der Waals surface area (Å²) in [6.07, 6.45) is 3.98. The second kappa shape index (κ2) is 3.09. The molecule has 2 saturated heterocycles. The summed E-state index contributed by atoms with van der Waals surface area (Å²) in [6, 6.07) is 1.23. The molecule has 2 aliphatic heterocycles. The Labute approximate surface area is 66.7 Å². The highest BCUT2D eigenvalue weighted by Gasteiger charge is 2.39. The normalized spacial score (nSPS) is 41.7. The Bertz CT molecular complexity index is 140. The van der Waals surface area contributed by atoms with Gasteiger partial charge in [0.15, 0.2) is 0 Å². The zero-order valence-corrected chi connectivity index (χ0v) is 6.58. The van der Waals surface area contributed by atoms with Crippen molar-refractivity contribution >= 4 is 0 Å². The third kappa shape index (κ3) is 1.41. The molecule has 63 valence electrons. The second-order valence-electron chi connectivity index (χ2n) is 3.40. The fraction of sp³-hybridized carbons (Fsp3) is 1.00. The first-order valence-electron chi connectivity index (χ1n) is 4.36. The SMILES string of the molecule is [O]CCOC1CC2CCC1N2. The molecule has 2 rings (SSSR count). The Morgan fingerprint density at radius 2 is 2.36 bits per heavy atom. The molecule has 2 bridgehead atoms. The van der Waals surface area contributed by atoms with Gasteiger partial charge in [0.25, 0.3) is 0 Å². The Morgan fingerprint density at radius 3 is 2.91 bits per heavy atom. The lowest BCUT2D eigenvalue weighted by atomic mass is 9.98. The van der Waals surface area contributed by atoms with E-state index in [2.05, 4.69) is 5.32 Å². The zero-order valence-electron chi connectivity index (χ0n) is 6.58. The minimum Gasteiger partial charge on any atom is -0.374 e. The van der Waals surface area contributed by atoms with Gasteiger partial charge in [-0.2, -0.15) is 0 Å². The van der Waals surface area contributed by atoms with Crippen molar-refractivity contribution in [3.63, 3.8) is 0 Å². The molecule has 0 aromatic rings. The molecule has 3 heteroatoms. The molecule has 0 aromatic heterocycles. The molecule has 3 unspecified atom stereocenters. The van der Waals surface area contributed by atoms with Crippen LogP contribution in [-0.4, -0.2) is 31.4 Å². The van der Waals surface area contributed by atoms with Crippen LogP contribution in [0.15, 0.2) is 0 Å². The molecule has 11 heavy (non-hydrogen) atoms. The summed E-state index contributed by atoms with van der Waals surface area (Å²) in [4.78, 5) is 0. The molecule has 2 aliphatic rings. The standard InChI is InChI=1S/C8H14NO2/c10-3-4-11-8-5-6-1-2-7(8)9-6/h6-9H,1-5H2. The molecule has 3 nitrogen and oxygen atoms in total. The van der Waals surface area contributed by atoms with E-state index in [4.69, 9.17) is 4.74 Å². The highest BCUT2D eigenvalue weighted by atomic mass is 16.5. The van der Waals surface area contributed by atoms with Gasteiger partial charge in [0.05, 0.1) is 12.7 Å². The summed E-state index contributed by atoms with van der Waals surface area (Å²) >= 11 is 0. The lowest BCUT2D eigenvalue weighted by molar-refractivity contribution is 0.00155. The van der Waals surface area contributed by atoms with Crippen molar-refractivity contribution in [2.45, 2.75) is 37.5 Å². The Kier molecular flexibility index (Phi) is 2.11. The Hall–Kier alpha value is -0.120. The van der Waals surface area contributed by atoms with Crippen LogP contribution in [0.2, 0.25) is 0 Å². The largest absolute Gasteiger partial charge is 0.374 e. The van der Waals surface area contributed by atoms with Crippen LogP contribution in [0, 0.1) is 0 Å². The highest BCUT2D eigenvalue weighted by molar-refractivity contribution is 4.98.